The van der Waals surface area contributed by atoms with Crippen LogP contribution in [0.2, 0.25) is 0 Å². The molecule has 2 N–H and O–H groups in total. The molecular formula is C4H11N3. The number of nitrogens with zero attached hydrogens (tertiary/aromatic N) is 1. The number of likely N-dealkylation sites (N-methyl/N-ethyl adjacent to an activating group) is 1. The minimum Gasteiger partial charge on any atom is -0.243 e. The van der Waals surface area contributed by atoms with Gasteiger partial charge in [-0.2, -0.15) is 5.53 Å². The Morgan fingerprint density at radius 3 is 2.86 bits per heavy atom. The topological polar surface area (TPSA) is 27.3 Å². The van der Waals surface area contributed by atoms with Crippen molar-refractivity contribution in [2.45, 2.75) is 6.92 Å². The van der Waals surface area contributed by atoms with E-state index in [1.165, 1.54) is 0 Å². The van der Waals surface area contributed by atoms with Gasteiger partial charge in [-0.1, -0.05) is 6.92 Å². The Morgan fingerprint density at radius 1 is 1.71 bits per heavy atom. The van der Waals surface area contributed by atoms with Crippen molar-refractivity contribution in [3.8, 4) is 0 Å². The smallest absolute Gasteiger partial charge is 0.0283 e. The Labute approximate surface area is 43.6 Å². The first-order chi connectivity index (χ1) is 3.43. The molecule has 1 rings (SSSR count). The summed E-state index contributed by atoms with van der Waals surface area (Å²) in [4.78, 5) is 0. The van der Waals surface area contributed by atoms with Crippen LogP contribution in [0.15, 0.2) is 0 Å². The van der Waals surface area contributed by atoms with Gasteiger partial charge in [0.15, 0.2) is 0 Å². The lowest BCUT2D eigenvalue weighted by molar-refractivity contribution is 0.246. The lowest BCUT2D eigenvalue weighted by atomic mass is 10.6. The molecule has 0 aromatic rings. The van der Waals surface area contributed by atoms with Crippen molar-refractivity contribution >= 4 is 0 Å². The SMILES string of the molecule is CCN1CCNN1. The van der Waals surface area contributed by atoms with Crippen LogP contribution < -0.4 is 11.0 Å². The van der Waals surface area contributed by atoms with Crippen LogP contribution in [0.1, 0.15) is 6.92 Å². The molecule has 0 saturated carbocycles. The molecule has 0 spiro atoms. The molecule has 0 aliphatic carbocycles. The maximum atomic E-state index is 3.00. The first-order valence-corrected chi connectivity index (χ1v) is 2.67. The third kappa shape index (κ3) is 1.12. The fourth-order valence-electron chi connectivity index (χ4n) is 0.652. The third-order valence-electron chi connectivity index (χ3n) is 1.13. The van der Waals surface area contributed by atoms with Crippen molar-refractivity contribution in [3.63, 3.8) is 0 Å². The fraction of sp³-hybridized carbons (Fsp3) is 1.00. The van der Waals surface area contributed by atoms with Crippen LogP contribution in [0, 0.1) is 0 Å². The first kappa shape index (κ1) is 5.03. The average molecular weight is 101 g/mol. The molecule has 0 aromatic heterocycles. The van der Waals surface area contributed by atoms with E-state index in [0.29, 0.717) is 0 Å². The molecule has 1 fully saturated rings. The van der Waals surface area contributed by atoms with Crippen molar-refractivity contribution in [1.82, 2.24) is 16.0 Å². The zero-order valence-corrected chi connectivity index (χ0v) is 4.57. The van der Waals surface area contributed by atoms with Crippen LogP contribution in [-0.2, 0) is 0 Å². The third-order valence-corrected chi connectivity index (χ3v) is 1.13. The highest BCUT2D eigenvalue weighted by Crippen LogP contribution is 1.81. The van der Waals surface area contributed by atoms with Gasteiger partial charge in [0, 0.05) is 19.6 Å². The van der Waals surface area contributed by atoms with Crippen molar-refractivity contribution in [2.75, 3.05) is 19.6 Å². The quantitative estimate of drug-likeness (QED) is 0.459. The van der Waals surface area contributed by atoms with Gasteiger partial charge in [-0.05, 0) is 0 Å². The molecule has 1 heterocycles. The van der Waals surface area contributed by atoms with Crippen LogP contribution in [0.5, 0.6) is 0 Å². The van der Waals surface area contributed by atoms with Crippen molar-refractivity contribution in [2.24, 2.45) is 0 Å². The maximum Gasteiger partial charge on any atom is 0.0283 e. The van der Waals surface area contributed by atoms with Gasteiger partial charge in [0.25, 0.3) is 0 Å². The Morgan fingerprint density at radius 2 is 2.57 bits per heavy atom. The van der Waals surface area contributed by atoms with Gasteiger partial charge in [-0.15, -0.1) is 0 Å². The van der Waals surface area contributed by atoms with Crippen LogP contribution in [-0.4, -0.2) is 24.6 Å². The molecule has 42 valence electrons. The molecule has 0 radical (unpaired) electrons. The van der Waals surface area contributed by atoms with E-state index in [-0.39, 0.29) is 0 Å². The monoisotopic (exact) mass is 101 g/mol. The zero-order valence-electron chi connectivity index (χ0n) is 4.57. The number of hydrogen-bond donors (Lipinski definition) is 2. The van der Waals surface area contributed by atoms with Crippen molar-refractivity contribution in [1.29, 1.82) is 0 Å². The molecule has 0 amide bonds. The molecule has 0 atom stereocenters. The first-order valence-electron chi connectivity index (χ1n) is 2.67. The molecule has 0 bridgehead atoms. The Bertz CT molecular complexity index is 48.9. The average Bonchev–Trinajstić information content (AvgIpc) is 2.14. The minimum absolute atomic E-state index is 1.06. The maximum absolute atomic E-state index is 3.00. The highest BCUT2D eigenvalue weighted by atomic mass is 15.7. The van der Waals surface area contributed by atoms with Crippen molar-refractivity contribution in [3.05, 3.63) is 0 Å². The minimum atomic E-state index is 1.06. The van der Waals surface area contributed by atoms with Gasteiger partial charge in [-0.3, -0.25) is 0 Å². The predicted molar refractivity (Wildman–Crippen MR) is 28.4 cm³/mol. The standard InChI is InChI=1S/C4H11N3/c1-2-7-4-3-5-6-7/h5-6H,2-4H2,1H3. The lowest BCUT2D eigenvalue weighted by Crippen LogP contribution is -2.35. The number of rotatable bonds is 1. The summed E-state index contributed by atoms with van der Waals surface area (Å²) in [5.41, 5.74) is 5.99. The zero-order chi connectivity index (χ0) is 5.11. The lowest BCUT2D eigenvalue weighted by Gasteiger charge is -2.08. The van der Waals surface area contributed by atoms with E-state index in [4.69, 9.17) is 0 Å². The number of hydrogen-bond acceptors (Lipinski definition) is 3. The molecule has 0 unspecified atom stereocenters. The van der Waals surface area contributed by atoms with Gasteiger partial charge in [0.1, 0.15) is 0 Å². The van der Waals surface area contributed by atoms with Crippen LogP contribution in [0.25, 0.3) is 0 Å². The van der Waals surface area contributed by atoms with Gasteiger partial charge >= 0.3 is 0 Å². The second-order valence-electron chi connectivity index (χ2n) is 1.62. The number of hydrazine groups is 2. The molecule has 7 heavy (non-hydrogen) atoms. The summed E-state index contributed by atoms with van der Waals surface area (Å²) in [6.07, 6.45) is 0. The summed E-state index contributed by atoms with van der Waals surface area (Å²) in [6, 6.07) is 0. The van der Waals surface area contributed by atoms with E-state index in [1.807, 2.05) is 0 Å². The second-order valence-corrected chi connectivity index (χ2v) is 1.62. The second kappa shape index (κ2) is 2.26. The van der Waals surface area contributed by atoms with Crippen LogP contribution in [0.3, 0.4) is 0 Å². The van der Waals surface area contributed by atoms with E-state index in [9.17, 15) is 0 Å². The Balaban J connectivity index is 2.14. The molecule has 1 aliphatic rings. The van der Waals surface area contributed by atoms with Crippen LogP contribution in [0.4, 0.5) is 0 Å². The van der Waals surface area contributed by atoms with Crippen LogP contribution >= 0.6 is 0 Å². The summed E-state index contributed by atoms with van der Waals surface area (Å²) in [5.74, 6) is 0. The van der Waals surface area contributed by atoms with Gasteiger partial charge in [0.05, 0.1) is 0 Å². The highest BCUT2D eigenvalue weighted by Gasteiger charge is 2.04. The summed E-state index contributed by atoms with van der Waals surface area (Å²) in [5, 5.41) is 2.12. The largest absolute Gasteiger partial charge is 0.243 e. The molecule has 0 aromatic carbocycles. The molecule has 1 saturated heterocycles. The van der Waals surface area contributed by atoms with E-state index in [0.717, 1.165) is 19.6 Å². The van der Waals surface area contributed by atoms with E-state index in [2.05, 4.69) is 22.9 Å². The number of nitrogens with one attached hydrogen (secondary N) is 2. The summed E-state index contributed by atoms with van der Waals surface area (Å²) in [7, 11) is 0. The molecule has 3 heteroatoms. The Kier molecular flexibility index (Phi) is 1.62. The normalized spacial score (nSPS) is 23.6. The van der Waals surface area contributed by atoms with E-state index >= 15 is 0 Å². The summed E-state index contributed by atoms with van der Waals surface area (Å²) >= 11 is 0. The Hall–Kier alpha value is -0.120. The van der Waals surface area contributed by atoms with Gasteiger partial charge < -0.3 is 0 Å². The van der Waals surface area contributed by atoms with Gasteiger partial charge in [0.2, 0.25) is 0 Å². The van der Waals surface area contributed by atoms with E-state index < -0.39 is 0 Å². The summed E-state index contributed by atoms with van der Waals surface area (Å²) in [6.45, 7) is 5.39. The predicted octanol–water partition coefficient (Wildman–Crippen LogP) is -0.669. The van der Waals surface area contributed by atoms with Crippen molar-refractivity contribution < 1.29 is 0 Å². The molecular weight excluding hydrogens is 90.1 g/mol. The molecule has 3 nitrogen and oxygen atoms in total. The van der Waals surface area contributed by atoms with Gasteiger partial charge in [-0.25, -0.2) is 10.4 Å². The van der Waals surface area contributed by atoms with E-state index in [1.54, 1.807) is 0 Å². The summed E-state index contributed by atoms with van der Waals surface area (Å²) < 4.78 is 0. The fourth-order valence-corrected chi connectivity index (χ4v) is 0.652. The molecule has 1 aliphatic heterocycles. The highest BCUT2D eigenvalue weighted by molar-refractivity contribution is 4.54.